The van der Waals surface area contributed by atoms with Crippen LogP contribution in [0.15, 0.2) is 41.3 Å². The van der Waals surface area contributed by atoms with Crippen molar-refractivity contribution in [1.29, 1.82) is 0 Å². The summed E-state index contributed by atoms with van der Waals surface area (Å²) in [5, 5.41) is 0. The van der Waals surface area contributed by atoms with Crippen LogP contribution in [0.5, 0.6) is 11.5 Å². The number of thiocarbonyl (C=S) groups is 1. The Morgan fingerprint density at radius 3 is 2.69 bits per heavy atom. The quantitative estimate of drug-likeness (QED) is 0.257. The average molecular weight is 543 g/mol. The van der Waals surface area contributed by atoms with Gasteiger partial charge in [-0.15, -0.1) is 0 Å². The van der Waals surface area contributed by atoms with E-state index in [4.69, 9.17) is 21.7 Å². The van der Waals surface area contributed by atoms with Crippen molar-refractivity contribution in [3.63, 3.8) is 0 Å². The molecule has 8 heteroatoms. The summed E-state index contributed by atoms with van der Waals surface area (Å²) in [6, 6.07) is 10.1. The fraction of sp³-hybridized carbons (Fsp3) is 0.238. The average Bonchev–Trinajstić information content (AvgIpc) is 2.94. The first-order chi connectivity index (χ1) is 13.9. The van der Waals surface area contributed by atoms with Crippen LogP contribution in [0, 0.1) is 9.39 Å². The third-order valence-electron chi connectivity index (χ3n) is 4.09. The Hall–Kier alpha value is -1.65. The minimum atomic E-state index is -0.300. The summed E-state index contributed by atoms with van der Waals surface area (Å²) in [5.41, 5.74) is 1.56. The second kappa shape index (κ2) is 9.90. The molecule has 2 aromatic carbocycles. The van der Waals surface area contributed by atoms with Gasteiger partial charge in [-0.05, 0) is 77.9 Å². The molecule has 1 heterocycles. The Labute approximate surface area is 192 Å². The predicted molar refractivity (Wildman–Crippen MR) is 127 cm³/mol. The highest BCUT2D eigenvalue weighted by molar-refractivity contribution is 14.1. The molecule has 1 aliphatic heterocycles. The van der Waals surface area contributed by atoms with Crippen LogP contribution in [-0.2, 0) is 11.4 Å². The van der Waals surface area contributed by atoms with Crippen LogP contribution in [0.2, 0.25) is 0 Å². The molecular formula is C21H19FINO3S2. The van der Waals surface area contributed by atoms with E-state index in [1.54, 1.807) is 17.0 Å². The minimum Gasteiger partial charge on any atom is -0.490 e. The molecule has 1 aliphatic rings. The van der Waals surface area contributed by atoms with Crippen molar-refractivity contribution < 1.29 is 18.7 Å². The van der Waals surface area contributed by atoms with Crippen LogP contribution in [0.25, 0.3) is 6.08 Å². The molecule has 2 aromatic rings. The molecule has 1 saturated heterocycles. The van der Waals surface area contributed by atoms with E-state index in [1.807, 2.05) is 32.1 Å². The molecule has 4 nitrogen and oxygen atoms in total. The molecule has 0 N–H and O–H groups in total. The highest BCUT2D eigenvalue weighted by atomic mass is 127. The summed E-state index contributed by atoms with van der Waals surface area (Å²) in [6.45, 7) is 5.03. The fourth-order valence-electron chi connectivity index (χ4n) is 2.78. The number of ether oxygens (including phenoxy) is 2. The summed E-state index contributed by atoms with van der Waals surface area (Å²) in [5.74, 6) is 0.787. The molecule has 1 amide bonds. The number of thioether (sulfide) groups is 1. The lowest BCUT2D eigenvalue weighted by Crippen LogP contribution is -2.27. The normalized spacial score (nSPS) is 15.3. The first-order valence-corrected chi connectivity index (χ1v) is 11.3. The molecule has 0 aromatic heterocycles. The highest BCUT2D eigenvalue weighted by Gasteiger charge is 2.30. The molecular weight excluding hydrogens is 524 g/mol. The molecule has 1 fully saturated rings. The van der Waals surface area contributed by atoms with Gasteiger partial charge in [-0.25, -0.2) is 4.39 Å². The lowest BCUT2D eigenvalue weighted by molar-refractivity contribution is -0.121. The minimum absolute atomic E-state index is 0.0816. The lowest BCUT2D eigenvalue weighted by Gasteiger charge is -2.15. The van der Waals surface area contributed by atoms with E-state index < -0.39 is 0 Å². The van der Waals surface area contributed by atoms with Crippen molar-refractivity contribution >= 4 is 62.9 Å². The van der Waals surface area contributed by atoms with Gasteiger partial charge in [0, 0.05) is 6.54 Å². The molecule has 0 saturated carbocycles. The number of hydrogen-bond acceptors (Lipinski definition) is 5. The maximum absolute atomic E-state index is 13.4. The highest BCUT2D eigenvalue weighted by Crippen LogP contribution is 2.38. The van der Waals surface area contributed by atoms with Gasteiger partial charge in [0.1, 0.15) is 16.7 Å². The number of hydrogen-bond donors (Lipinski definition) is 0. The van der Waals surface area contributed by atoms with E-state index in [2.05, 4.69) is 22.6 Å². The van der Waals surface area contributed by atoms with Crippen molar-refractivity contribution in [2.75, 3.05) is 13.2 Å². The largest absolute Gasteiger partial charge is 0.490 e. The fourth-order valence-corrected chi connectivity index (χ4v) is 4.95. The van der Waals surface area contributed by atoms with E-state index in [1.165, 1.54) is 23.9 Å². The predicted octanol–water partition coefficient (Wildman–Crippen LogP) is 5.63. The van der Waals surface area contributed by atoms with E-state index in [9.17, 15) is 9.18 Å². The van der Waals surface area contributed by atoms with Gasteiger partial charge in [-0.3, -0.25) is 9.69 Å². The van der Waals surface area contributed by atoms with Crippen molar-refractivity contribution in [3.05, 3.63) is 61.8 Å². The van der Waals surface area contributed by atoms with Gasteiger partial charge in [-0.2, -0.15) is 0 Å². The number of halogens is 2. The van der Waals surface area contributed by atoms with Gasteiger partial charge >= 0.3 is 0 Å². The van der Waals surface area contributed by atoms with Crippen molar-refractivity contribution in [3.8, 4) is 11.5 Å². The third kappa shape index (κ3) is 5.29. The molecule has 0 unspecified atom stereocenters. The molecule has 0 atom stereocenters. The smallest absolute Gasteiger partial charge is 0.266 e. The molecule has 29 heavy (non-hydrogen) atoms. The summed E-state index contributed by atoms with van der Waals surface area (Å²) in [6.07, 6.45) is 1.82. The topological polar surface area (TPSA) is 38.8 Å². The molecule has 152 valence electrons. The van der Waals surface area contributed by atoms with Crippen molar-refractivity contribution in [2.45, 2.75) is 20.5 Å². The number of rotatable bonds is 7. The van der Waals surface area contributed by atoms with Crippen LogP contribution < -0.4 is 9.47 Å². The zero-order valence-electron chi connectivity index (χ0n) is 15.9. The van der Waals surface area contributed by atoms with Crippen LogP contribution in [0.4, 0.5) is 4.39 Å². The Morgan fingerprint density at radius 2 is 2.03 bits per heavy atom. The number of carbonyl (C=O) groups is 1. The zero-order chi connectivity index (χ0) is 21.0. The Balaban J connectivity index is 1.87. The van der Waals surface area contributed by atoms with E-state index in [0.29, 0.717) is 33.9 Å². The Kier molecular flexibility index (Phi) is 7.53. The van der Waals surface area contributed by atoms with Gasteiger partial charge < -0.3 is 9.47 Å². The molecule has 0 bridgehead atoms. The van der Waals surface area contributed by atoms with E-state index in [-0.39, 0.29) is 18.3 Å². The van der Waals surface area contributed by atoms with Crippen LogP contribution in [0.1, 0.15) is 25.0 Å². The maximum atomic E-state index is 13.4. The van der Waals surface area contributed by atoms with Gasteiger partial charge in [-0.1, -0.05) is 36.1 Å². The number of likely N-dealkylation sites (N-methyl/N-ethyl adjacent to an activating group) is 1. The van der Waals surface area contributed by atoms with Crippen LogP contribution in [0.3, 0.4) is 0 Å². The Bertz CT molecular complexity index is 980. The third-order valence-corrected chi connectivity index (χ3v) is 6.27. The van der Waals surface area contributed by atoms with Gasteiger partial charge in [0.15, 0.2) is 11.5 Å². The van der Waals surface area contributed by atoms with Gasteiger partial charge in [0.05, 0.1) is 15.1 Å². The second-order valence-corrected chi connectivity index (χ2v) is 8.95. The Morgan fingerprint density at radius 1 is 1.24 bits per heavy atom. The van der Waals surface area contributed by atoms with Crippen molar-refractivity contribution in [1.82, 2.24) is 4.90 Å². The number of nitrogens with zero attached hydrogens (tertiary/aromatic N) is 1. The summed E-state index contributed by atoms with van der Waals surface area (Å²) in [4.78, 5) is 14.6. The number of amides is 1. The zero-order valence-corrected chi connectivity index (χ0v) is 19.7. The van der Waals surface area contributed by atoms with E-state index in [0.717, 1.165) is 14.7 Å². The summed E-state index contributed by atoms with van der Waals surface area (Å²) >= 11 is 8.74. The molecule has 0 radical (unpaired) electrons. The van der Waals surface area contributed by atoms with Gasteiger partial charge in [0.2, 0.25) is 0 Å². The van der Waals surface area contributed by atoms with Crippen LogP contribution in [-0.4, -0.2) is 28.3 Å². The second-order valence-electron chi connectivity index (χ2n) is 6.11. The monoisotopic (exact) mass is 543 g/mol. The maximum Gasteiger partial charge on any atom is 0.266 e. The van der Waals surface area contributed by atoms with Gasteiger partial charge in [0.25, 0.3) is 5.91 Å². The lowest BCUT2D eigenvalue weighted by atomic mass is 10.1. The summed E-state index contributed by atoms with van der Waals surface area (Å²) < 4.78 is 26.5. The summed E-state index contributed by atoms with van der Waals surface area (Å²) in [7, 11) is 0. The molecule has 3 rings (SSSR count). The van der Waals surface area contributed by atoms with Crippen LogP contribution >= 0.6 is 46.6 Å². The number of carbonyl (C=O) groups excluding carboxylic acids is 1. The molecule has 0 spiro atoms. The van der Waals surface area contributed by atoms with Crippen molar-refractivity contribution in [2.24, 2.45) is 0 Å². The number of benzene rings is 2. The standard InChI is InChI=1S/C21H19FINO3S2/c1-3-24-20(25)18(29-21(24)28)11-14-9-16(23)19(17(10-14)26-4-2)27-12-13-6-5-7-15(22)8-13/h5-11H,3-4,12H2,1-2H3/b18-11-. The SMILES string of the molecule is CCOc1cc(/C=C2\SC(=S)N(CC)C2=O)cc(I)c1OCc1cccc(F)c1. The molecule has 0 aliphatic carbocycles. The van der Waals surface area contributed by atoms with E-state index >= 15 is 0 Å². The first kappa shape index (κ1) is 22.0. The first-order valence-electron chi connectivity index (χ1n) is 9.01.